The summed E-state index contributed by atoms with van der Waals surface area (Å²) in [6, 6.07) is 5.06. The average molecular weight is 243 g/mol. The molecule has 1 heterocycles. The summed E-state index contributed by atoms with van der Waals surface area (Å²) in [5.74, 6) is 0.356. The van der Waals surface area contributed by atoms with Crippen molar-refractivity contribution < 1.29 is 9.90 Å². The molecule has 0 bridgehead atoms. The molecule has 18 heavy (non-hydrogen) atoms. The van der Waals surface area contributed by atoms with Crippen LogP contribution in [0.1, 0.15) is 23.2 Å². The maximum atomic E-state index is 11.1. The Morgan fingerprint density at radius 3 is 3.00 bits per heavy atom. The van der Waals surface area contributed by atoms with Crippen LogP contribution in [0.15, 0.2) is 24.4 Å². The molecule has 0 atom stereocenters. The topological polar surface area (TPSA) is 75.1 Å². The van der Waals surface area contributed by atoms with Gasteiger partial charge in [-0.3, -0.25) is 0 Å². The van der Waals surface area contributed by atoms with Gasteiger partial charge in [0.25, 0.3) is 0 Å². The minimum absolute atomic E-state index is 0.237. The van der Waals surface area contributed by atoms with E-state index < -0.39 is 5.97 Å². The predicted octanol–water partition coefficient (Wildman–Crippen LogP) is 2.15. The van der Waals surface area contributed by atoms with Crippen molar-refractivity contribution in [3.63, 3.8) is 0 Å². The van der Waals surface area contributed by atoms with E-state index in [1.165, 1.54) is 12.8 Å². The molecule has 0 saturated heterocycles. The van der Waals surface area contributed by atoms with Crippen LogP contribution in [-0.4, -0.2) is 27.6 Å². The summed E-state index contributed by atoms with van der Waals surface area (Å²) in [6.07, 6.45) is 4.11. The molecule has 1 aromatic heterocycles. The van der Waals surface area contributed by atoms with Crippen molar-refractivity contribution in [2.45, 2.75) is 12.8 Å². The number of carbonyl (C=O) groups is 1. The van der Waals surface area contributed by atoms with Crippen molar-refractivity contribution in [2.24, 2.45) is 5.92 Å². The van der Waals surface area contributed by atoms with Crippen molar-refractivity contribution in [3.8, 4) is 0 Å². The number of nitrogens with zero attached hydrogens (tertiary/aromatic N) is 2. The lowest BCUT2D eigenvalue weighted by Crippen LogP contribution is -2.07. The zero-order chi connectivity index (χ0) is 12.5. The minimum Gasteiger partial charge on any atom is -0.478 e. The number of hydrogen-bond donors (Lipinski definition) is 2. The number of nitrogens with one attached hydrogen (secondary N) is 1. The molecule has 0 spiro atoms. The molecule has 1 aliphatic carbocycles. The summed E-state index contributed by atoms with van der Waals surface area (Å²) in [5.41, 5.74) is 0.893. The van der Waals surface area contributed by atoms with E-state index >= 15 is 0 Å². The van der Waals surface area contributed by atoms with Gasteiger partial charge in [0.15, 0.2) is 0 Å². The fourth-order valence-electron chi connectivity index (χ4n) is 1.88. The molecule has 1 aliphatic rings. The largest absolute Gasteiger partial charge is 0.478 e. The number of aromatic carboxylic acids is 1. The van der Waals surface area contributed by atoms with Crippen LogP contribution < -0.4 is 5.32 Å². The molecule has 1 saturated carbocycles. The van der Waals surface area contributed by atoms with Crippen LogP contribution in [0.4, 0.5) is 5.95 Å². The average Bonchev–Trinajstić information content (AvgIpc) is 3.19. The Kier molecular flexibility index (Phi) is 2.59. The lowest BCUT2D eigenvalue weighted by molar-refractivity contribution is 0.0699. The van der Waals surface area contributed by atoms with Gasteiger partial charge in [0.05, 0.1) is 11.1 Å². The Bertz CT molecular complexity index is 608. The molecule has 2 aromatic rings. The maximum Gasteiger partial charge on any atom is 0.336 e. The zero-order valence-electron chi connectivity index (χ0n) is 9.76. The number of hydrogen-bond acceptors (Lipinski definition) is 4. The van der Waals surface area contributed by atoms with Gasteiger partial charge in [-0.1, -0.05) is 6.07 Å². The minimum atomic E-state index is -0.956. The smallest absolute Gasteiger partial charge is 0.336 e. The highest BCUT2D eigenvalue weighted by Crippen LogP contribution is 2.28. The Labute approximate surface area is 104 Å². The summed E-state index contributed by atoms with van der Waals surface area (Å²) < 4.78 is 0. The van der Waals surface area contributed by atoms with Gasteiger partial charge in [-0.25, -0.2) is 14.8 Å². The number of carboxylic acids is 1. The van der Waals surface area contributed by atoms with Crippen LogP contribution in [-0.2, 0) is 0 Å². The molecule has 2 N–H and O–H groups in total. The first-order chi connectivity index (χ1) is 8.74. The monoisotopic (exact) mass is 243 g/mol. The van der Waals surface area contributed by atoms with Crippen LogP contribution in [0.5, 0.6) is 0 Å². The van der Waals surface area contributed by atoms with Gasteiger partial charge in [-0.15, -0.1) is 0 Å². The molecular weight excluding hydrogens is 230 g/mol. The zero-order valence-corrected chi connectivity index (χ0v) is 9.76. The van der Waals surface area contributed by atoms with Gasteiger partial charge in [-0.2, -0.15) is 0 Å². The van der Waals surface area contributed by atoms with E-state index in [4.69, 9.17) is 5.11 Å². The molecule has 1 fully saturated rings. The summed E-state index contributed by atoms with van der Waals surface area (Å²) in [6.45, 7) is 0.893. The highest BCUT2D eigenvalue weighted by Gasteiger charge is 2.21. The van der Waals surface area contributed by atoms with Gasteiger partial charge >= 0.3 is 5.97 Å². The standard InChI is InChI=1S/C13H13N3O2/c17-12(18)9-2-1-3-11-10(9)7-15-13(16-11)14-6-8-4-5-8/h1-3,7-8H,4-6H2,(H,17,18)(H,14,15,16). The molecule has 0 unspecified atom stereocenters. The highest BCUT2D eigenvalue weighted by atomic mass is 16.4. The van der Waals surface area contributed by atoms with E-state index in [1.54, 1.807) is 24.4 Å². The van der Waals surface area contributed by atoms with Crippen LogP contribution in [0, 0.1) is 5.92 Å². The molecule has 0 radical (unpaired) electrons. The Hall–Kier alpha value is -2.17. The molecule has 92 valence electrons. The third-order valence-corrected chi connectivity index (χ3v) is 3.10. The molecule has 3 rings (SSSR count). The van der Waals surface area contributed by atoms with Crippen LogP contribution in [0.2, 0.25) is 0 Å². The van der Waals surface area contributed by atoms with Gasteiger partial charge in [0.2, 0.25) is 5.95 Å². The highest BCUT2D eigenvalue weighted by molar-refractivity contribution is 6.02. The molecular formula is C13H13N3O2. The first-order valence-corrected chi connectivity index (χ1v) is 5.97. The fourth-order valence-corrected chi connectivity index (χ4v) is 1.88. The van der Waals surface area contributed by atoms with E-state index in [0.717, 1.165) is 12.5 Å². The second-order valence-electron chi connectivity index (χ2n) is 4.56. The number of fused-ring (bicyclic) bond motifs is 1. The van der Waals surface area contributed by atoms with Crippen molar-refractivity contribution >= 4 is 22.8 Å². The fraction of sp³-hybridized carbons (Fsp3) is 0.308. The van der Waals surface area contributed by atoms with E-state index in [0.29, 0.717) is 16.9 Å². The number of aromatic nitrogens is 2. The van der Waals surface area contributed by atoms with Crippen LogP contribution in [0.3, 0.4) is 0 Å². The quantitative estimate of drug-likeness (QED) is 0.860. The summed E-state index contributed by atoms with van der Waals surface area (Å²) >= 11 is 0. The van der Waals surface area contributed by atoms with E-state index in [2.05, 4.69) is 15.3 Å². The lowest BCUT2D eigenvalue weighted by Gasteiger charge is -2.05. The Balaban J connectivity index is 1.93. The van der Waals surface area contributed by atoms with Crippen molar-refractivity contribution in [2.75, 3.05) is 11.9 Å². The van der Waals surface area contributed by atoms with E-state index in [1.807, 2.05) is 0 Å². The summed E-state index contributed by atoms with van der Waals surface area (Å²) in [4.78, 5) is 19.5. The molecule has 1 aromatic carbocycles. The normalized spacial score (nSPS) is 14.7. The van der Waals surface area contributed by atoms with E-state index in [9.17, 15) is 4.79 Å². The van der Waals surface area contributed by atoms with Gasteiger partial charge in [-0.05, 0) is 30.9 Å². The van der Waals surface area contributed by atoms with Crippen molar-refractivity contribution in [3.05, 3.63) is 30.0 Å². The van der Waals surface area contributed by atoms with Crippen LogP contribution in [0.25, 0.3) is 10.9 Å². The van der Waals surface area contributed by atoms with Gasteiger partial charge in [0.1, 0.15) is 0 Å². The Morgan fingerprint density at radius 2 is 2.28 bits per heavy atom. The molecule has 0 amide bonds. The summed E-state index contributed by atoms with van der Waals surface area (Å²) in [7, 11) is 0. The lowest BCUT2D eigenvalue weighted by atomic mass is 10.1. The molecule has 5 heteroatoms. The van der Waals surface area contributed by atoms with Gasteiger partial charge in [0, 0.05) is 18.1 Å². The SMILES string of the molecule is O=C(O)c1cccc2nc(NCC3CC3)ncc12. The van der Waals surface area contributed by atoms with Gasteiger partial charge < -0.3 is 10.4 Å². The maximum absolute atomic E-state index is 11.1. The molecule has 0 aliphatic heterocycles. The second-order valence-corrected chi connectivity index (χ2v) is 4.56. The third kappa shape index (κ3) is 2.11. The van der Waals surface area contributed by atoms with Crippen molar-refractivity contribution in [1.82, 2.24) is 9.97 Å². The second kappa shape index (κ2) is 4.25. The third-order valence-electron chi connectivity index (χ3n) is 3.10. The van der Waals surface area contributed by atoms with E-state index in [-0.39, 0.29) is 5.56 Å². The van der Waals surface area contributed by atoms with Crippen molar-refractivity contribution in [1.29, 1.82) is 0 Å². The predicted molar refractivity (Wildman–Crippen MR) is 67.7 cm³/mol. The first-order valence-electron chi connectivity index (χ1n) is 5.97. The number of carboxylic acid groups (broad SMARTS) is 1. The number of rotatable bonds is 4. The Morgan fingerprint density at radius 1 is 1.44 bits per heavy atom. The first kappa shape index (κ1) is 11.0. The van der Waals surface area contributed by atoms with Crippen LogP contribution >= 0.6 is 0 Å². The number of benzene rings is 1. The molecule has 5 nitrogen and oxygen atoms in total. The summed E-state index contributed by atoms with van der Waals surface area (Å²) in [5, 5.41) is 12.8. The number of anilines is 1.